The number of nitrogens with zero attached hydrogens (tertiary/aromatic N) is 3. The molecule has 1 fully saturated rings. The molecule has 0 radical (unpaired) electrons. The topological polar surface area (TPSA) is 70.4 Å². The average Bonchev–Trinajstić information content (AvgIpc) is 2.99. The molecule has 2 N–H and O–H groups in total. The molecule has 2 aromatic rings. The van der Waals surface area contributed by atoms with Gasteiger partial charge in [-0.05, 0) is 31.9 Å². The number of nitrogens with one attached hydrogen (secondary N) is 1. The fraction of sp³-hybridized carbons (Fsp3) is 0.474. The lowest BCUT2D eigenvalue weighted by atomic mass is 9.96. The molecule has 1 aromatic carbocycles. The van der Waals surface area contributed by atoms with E-state index in [-0.39, 0.29) is 11.8 Å². The number of fused-ring (bicyclic) bond motifs is 1. The van der Waals surface area contributed by atoms with E-state index in [1.54, 1.807) is 6.92 Å². The molecule has 2 heterocycles. The number of aliphatic hydroxyl groups excluding tert-OH is 1. The van der Waals surface area contributed by atoms with Gasteiger partial charge < -0.3 is 19.9 Å². The predicted molar refractivity (Wildman–Crippen MR) is 99.6 cm³/mol. The number of hydrogen-bond acceptors (Lipinski definition) is 4. The standard InChI is InChI=1S/C19H26N4O2/c1-3-10-23-17-7-5-4-6-16(17)21-19(23)22-11-8-15(9-12-22)18(25)20-13-14(2)24/h3-7,14-15,24H,1,8-13H2,2H3,(H,20,25)/t14-/m1/s1. The van der Waals surface area contributed by atoms with E-state index in [4.69, 9.17) is 4.98 Å². The van der Waals surface area contributed by atoms with Gasteiger partial charge in [0.2, 0.25) is 11.9 Å². The maximum atomic E-state index is 12.2. The fourth-order valence-electron chi connectivity index (χ4n) is 3.35. The van der Waals surface area contributed by atoms with Crippen LogP contribution in [-0.4, -0.2) is 46.3 Å². The van der Waals surface area contributed by atoms with Crippen molar-refractivity contribution in [2.24, 2.45) is 5.92 Å². The highest BCUT2D eigenvalue weighted by atomic mass is 16.3. The molecular weight excluding hydrogens is 316 g/mol. The number of carbonyl (C=O) groups excluding carboxylic acids is 1. The number of aromatic nitrogens is 2. The molecule has 134 valence electrons. The highest BCUT2D eigenvalue weighted by Gasteiger charge is 2.27. The molecule has 1 aliphatic rings. The number of hydrogen-bond donors (Lipinski definition) is 2. The molecule has 0 spiro atoms. The second kappa shape index (κ2) is 7.70. The quantitative estimate of drug-likeness (QED) is 0.787. The van der Waals surface area contributed by atoms with Crippen molar-refractivity contribution in [2.45, 2.75) is 32.4 Å². The molecule has 1 aromatic heterocycles. The van der Waals surface area contributed by atoms with Gasteiger partial charge in [0.1, 0.15) is 0 Å². The number of allylic oxidation sites excluding steroid dienone is 1. The van der Waals surface area contributed by atoms with Crippen LogP contribution in [0.15, 0.2) is 36.9 Å². The first kappa shape index (κ1) is 17.5. The Bertz CT molecular complexity index is 745. The number of rotatable bonds is 6. The predicted octanol–water partition coefficient (Wildman–Crippen LogP) is 1.94. The average molecular weight is 342 g/mol. The SMILES string of the molecule is C=CCn1c(N2CCC(C(=O)NC[C@@H](C)O)CC2)nc2ccccc21. The number of piperidine rings is 1. The summed E-state index contributed by atoms with van der Waals surface area (Å²) in [6.07, 6.45) is 2.96. The van der Waals surface area contributed by atoms with Gasteiger partial charge in [-0.25, -0.2) is 4.98 Å². The van der Waals surface area contributed by atoms with E-state index in [9.17, 15) is 9.90 Å². The zero-order valence-electron chi connectivity index (χ0n) is 14.7. The Labute approximate surface area is 148 Å². The van der Waals surface area contributed by atoms with Gasteiger partial charge in [0, 0.05) is 32.1 Å². The molecule has 0 unspecified atom stereocenters. The Hall–Kier alpha value is -2.34. The third-order valence-electron chi connectivity index (χ3n) is 4.67. The summed E-state index contributed by atoms with van der Waals surface area (Å²) < 4.78 is 2.18. The van der Waals surface area contributed by atoms with Gasteiger partial charge in [-0.2, -0.15) is 0 Å². The van der Waals surface area contributed by atoms with E-state index in [0.29, 0.717) is 13.1 Å². The maximum Gasteiger partial charge on any atom is 0.223 e. The van der Waals surface area contributed by atoms with Crippen molar-refractivity contribution in [2.75, 3.05) is 24.5 Å². The number of amides is 1. The molecule has 0 saturated carbocycles. The van der Waals surface area contributed by atoms with Crippen molar-refractivity contribution in [3.8, 4) is 0 Å². The minimum absolute atomic E-state index is 0.00670. The number of anilines is 1. The van der Waals surface area contributed by atoms with Crippen molar-refractivity contribution in [1.29, 1.82) is 0 Å². The first-order valence-electron chi connectivity index (χ1n) is 8.87. The van der Waals surface area contributed by atoms with Gasteiger partial charge in [0.05, 0.1) is 17.1 Å². The first-order valence-corrected chi connectivity index (χ1v) is 8.87. The Morgan fingerprint density at radius 2 is 2.16 bits per heavy atom. The van der Waals surface area contributed by atoms with Gasteiger partial charge in [0.15, 0.2) is 0 Å². The normalized spacial score (nSPS) is 16.8. The van der Waals surface area contributed by atoms with Crippen LogP contribution in [0, 0.1) is 5.92 Å². The van der Waals surface area contributed by atoms with Crippen LogP contribution >= 0.6 is 0 Å². The summed E-state index contributed by atoms with van der Waals surface area (Å²) >= 11 is 0. The summed E-state index contributed by atoms with van der Waals surface area (Å²) in [6.45, 7) is 8.16. The van der Waals surface area contributed by atoms with Crippen LogP contribution in [0.5, 0.6) is 0 Å². The van der Waals surface area contributed by atoms with Crippen LogP contribution in [0.2, 0.25) is 0 Å². The highest BCUT2D eigenvalue weighted by molar-refractivity contribution is 5.80. The van der Waals surface area contributed by atoms with E-state index in [1.807, 2.05) is 24.3 Å². The van der Waals surface area contributed by atoms with E-state index in [2.05, 4.69) is 27.4 Å². The van der Waals surface area contributed by atoms with Gasteiger partial charge in [0.25, 0.3) is 0 Å². The summed E-state index contributed by atoms with van der Waals surface area (Å²) in [5, 5.41) is 12.1. The monoisotopic (exact) mass is 342 g/mol. The van der Waals surface area contributed by atoms with Gasteiger partial charge in [-0.3, -0.25) is 4.79 Å². The number of benzene rings is 1. The van der Waals surface area contributed by atoms with Crippen LogP contribution < -0.4 is 10.2 Å². The molecule has 6 nitrogen and oxygen atoms in total. The zero-order valence-corrected chi connectivity index (χ0v) is 14.7. The van der Waals surface area contributed by atoms with Crippen molar-refractivity contribution in [3.05, 3.63) is 36.9 Å². The summed E-state index contributed by atoms with van der Waals surface area (Å²) in [4.78, 5) is 19.2. The Morgan fingerprint density at radius 3 is 2.84 bits per heavy atom. The molecule has 3 rings (SSSR count). The van der Waals surface area contributed by atoms with E-state index >= 15 is 0 Å². The van der Waals surface area contributed by atoms with Crippen molar-refractivity contribution in [3.63, 3.8) is 0 Å². The zero-order chi connectivity index (χ0) is 17.8. The van der Waals surface area contributed by atoms with E-state index < -0.39 is 6.10 Å². The van der Waals surface area contributed by atoms with Crippen LogP contribution in [0.1, 0.15) is 19.8 Å². The third kappa shape index (κ3) is 3.85. The molecule has 1 saturated heterocycles. The molecule has 0 aliphatic carbocycles. The number of para-hydroxylation sites is 2. The van der Waals surface area contributed by atoms with Crippen molar-refractivity contribution in [1.82, 2.24) is 14.9 Å². The minimum atomic E-state index is -0.511. The molecule has 1 atom stereocenters. The van der Waals surface area contributed by atoms with Gasteiger partial charge in [-0.15, -0.1) is 6.58 Å². The first-order chi connectivity index (χ1) is 12.1. The highest BCUT2D eigenvalue weighted by Crippen LogP contribution is 2.27. The summed E-state index contributed by atoms with van der Waals surface area (Å²) in [6, 6.07) is 8.11. The molecule has 25 heavy (non-hydrogen) atoms. The molecular formula is C19H26N4O2. The molecule has 1 aliphatic heterocycles. The van der Waals surface area contributed by atoms with Gasteiger partial charge >= 0.3 is 0 Å². The molecule has 0 bridgehead atoms. The smallest absolute Gasteiger partial charge is 0.223 e. The van der Waals surface area contributed by atoms with Crippen LogP contribution in [0.25, 0.3) is 11.0 Å². The number of aliphatic hydroxyl groups is 1. The van der Waals surface area contributed by atoms with Crippen molar-refractivity contribution < 1.29 is 9.90 Å². The Morgan fingerprint density at radius 1 is 1.44 bits per heavy atom. The maximum absolute atomic E-state index is 12.2. The lowest BCUT2D eigenvalue weighted by Crippen LogP contribution is -2.42. The summed E-state index contributed by atoms with van der Waals surface area (Å²) in [7, 11) is 0. The fourth-order valence-corrected chi connectivity index (χ4v) is 3.35. The molecule has 6 heteroatoms. The van der Waals surface area contributed by atoms with Crippen LogP contribution in [-0.2, 0) is 11.3 Å². The second-order valence-electron chi connectivity index (χ2n) is 6.66. The summed E-state index contributed by atoms with van der Waals surface area (Å²) in [5.41, 5.74) is 2.09. The van der Waals surface area contributed by atoms with E-state index in [1.165, 1.54) is 0 Å². The molecule has 1 amide bonds. The third-order valence-corrected chi connectivity index (χ3v) is 4.67. The Balaban J connectivity index is 1.70. The Kier molecular flexibility index (Phi) is 5.38. The summed E-state index contributed by atoms with van der Waals surface area (Å²) in [5.74, 6) is 0.997. The van der Waals surface area contributed by atoms with Gasteiger partial charge in [-0.1, -0.05) is 18.2 Å². The number of imidazole rings is 1. The lowest BCUT2D eigenvalue weighted by Gasteiger charge is -2.32. The van der Waals surface area contributed by atoms with Crippen LogP contribution in [0.3, 0.4) is 0 Å². The van der Waals surface area contributed by atoms with Crippen molar-refractivity contribution >= 4 is 22.9 Å². The largest absolute Gasteiger partial charge is 0.392 e. The van der Waals surface area contributed by atoms with Crippen LogP contribution in [0.4, 0.5) is 5.95 Å². The number of carbonyl (C=O) groups is 1. The lowest BCUT2D eigenvalue weighted by molar-refractivity contribution is -0.126. The minimum Gasteiger partial charge on any atom is -0.392 e. The second-order valence-corrected chi connectivity index (χ2v) is 6.66. The van der Waals surface area contributed by atoms with E-state index in [0.717, 1.165) is 42.9 Å².